The molecule has 21 heavy (non-hydrogen) atoms. The highest BCUT2D eigenvalue weighted by molar-refractivity contribution is 5.33. The van der Waals surface area contributed by atoms with Crippen LogP contribution in [0, 0.1) is 0 Å². The maximum atomic E-state index is 4.25. The molecule has 0 aliphatic carbocycles. The fourth-order valence-electron chi connectivity index (χ4n) is 2.96. The lowest BCUT2D eigenvalue weighted by molar-refractivity contribution is 0.198. The number of nitrogens with zero attached hydrogens (tertiary/aromatic N) is 3. The molecule has 4 heteroatoms. The number of piperidine rings is 1. The zero-order valence-corrected chi connectivity index (χ0v) is 12.7. The number of nitrogens with one attached hydrogen (secondary N) is 1. The summed E-state index contributed by atoms with van der Waals surface area (Å²) in [5.74, 6) is 0. The summed E-state index contributed by atoms with van der Waals surface area (Å²) in [4.78, 5) is 2.53. The van der Waals surface area contributed by atoms with Crippen LogP contribution < -0.4 is 5.32 Å². The maximum absolute atomic E-state index is 4.25. The smallest absolute Gasteiger partial charge is 0.0645 e. The lowest BCUT2D eigenvalue weighted by Crippen LogP contribution is -2.45. The van der Waals surface area contributed by atoms with Crippen molar-refractivity contribution < 1.29 is 0 Å². The monoisotopic (exact) mass is 284 g/mol. The molecule has 0 amide bonds. The Morgan fingerprint density at radius 2 is 2.14 bits per heavy atom. The number of hydrogen-bond acceptors (Lipinski definition) is 3. The zero-order valence-electron chi connectivity index (χ0n) is 12.7. The van der Waals surface area contributed by atoms with Crippen LogP contribution in [0.25, 0.3) is 5.69 Å². The van der Waals surface area contributed by atoms with Crippen molar-refractivity contribution in [2.24, 2.45) is 0 Å². The topological polar surface area (TPSA) is 33.1 Å². The molecule has 1 aliphatic heterocycles. The van der Waals surface area contributed by atoms with Crippen LogP contribution >= 0.6 is 0 Å². The van der Waals surface area contributed by atoms with Gasteiger partial charge in [0.1, 0.15) is 0 Å². The molecule has 4 nitrogen and oxygen atoms in total. The van der Waals surface area contributed by atoms with Crippen LogP contribution in [0.5, 0.6) is 0 Å². The average molecular weight is 284 g/mol. The highest BCUT2D eigenvalue weighted by atomic mass is 15.3. The molecule has 0 bridgehead atoms. The molecular formula is C17H24N4. The Kier molecular flexibility index (Phi) is 4.68. The van der Waals surface area contributed by atoms with E-state index in [-0.39, 0.29) is 0 Å². The fourth-order valence-corrected chi connectivity index (χ4v) is 2.96. The first-order valence-corrected chi connectivity index (χ1v) is 7.90. The number of rotatable bonds is 5. The van der Waals surface area contributed by atoms with Gasteiger partial charge in [-0.2, -0.15) is 5.10 Å². The molecule has 112 valence electrons. The van der Waals surface area contributed by atoms with Crippen LogP contribution in [0.15, 0.2) is 42.7 Å². The van der Waals surface area contributed by atoms with E-state index in [1.165, 1.54) is 31.5 Å². The molecule has 1 unspecified atom stereocenters. The molecular weight excluding hydrogens is 260 g/mol. The second kappa shape index (κ2) is 6.87. The summed E-state index contributed by atoms with van der Waals surface area (Å²) >= 11 is 0. The number of benzene rings is 1. The summed E-state index contributed by atoms with van der Waals surface area (Å²) in [7, 11) is 0. The second-order valence-electron chi connectivity index (χ2n) is 5.73. The van der Waals surface area contributed by atoms with E-state index in [2.05, 4.69) is 46.5 Å². The van der Waals surface area contributed by atoms with Gasteiger partial charge in [0.2, 0.25) is 0 Å². The third kappa shape index (κ3) is 3.71. The van der Waals surface area contributed by atoms with Gasteiger partial charge in [0, 0.05) is 31.5 Å². The Balaban J connectivity index is 1.53. The van der Waals surface area contributed by atoms with Crippen LogP contribution in [0.1, 0.15) is 25.3 Å². The van der Waals surface area contributed by atoms with Gasteiger partial charge in [0.25, 0.3) is 0 Å². The van der Waals surface area contributed by atoms with Gasteiger partial charge in [-0.25, -0.2) is 4.68 Å². The van der Waals surface area contributed by atoms with Crippen LogP contribution in [-0.2, 0) is 6.54 Å². The number of likely N-dealkylation sites (N-methyl/N-ethyl adjacent to an activating group) is 1. The van der Waals surface area contributed by atoms with Crippen molar-refractivity contribution in [2.75, 3.05) is 19.6 Å². The largest absolute Gasteiger partial charge is 0.309 e. The van der Waals surface area contributed by atoms with E-state index in [9.17, 15) is 0 Å². The first-order chi connectivity index (χ1) is 10.3. The van der Waals surface area contributed by atoms with Crippen LogP contribution in [0.3, 0.4) is 0 Å². The Labute approximate surface area is 126 Å². The minimum absolute atomic E-state index is 0.629. The standard InChI is InChI=1S/C17H24N4/c1-2-20-11-3-5-16(14-20)18-13-15-6-8-17(9-7-15)21-12-4-10-19-21/h4,6-10,12,16,18H,2-3,5,11,13-14H2,1H3. The maximum Gasteiger partial charge on any atom is 0.0645 e. The van der Waals surface area contributed by atoms with Crippen molar-refractivity contribution in [2.45, 2.75) is 32.4 Å². The second-order valence-corrected chi connectivity index (χ2v) is 5.73. The summed E-state index contributed by atoms with van der Waals surface area (Å²) in [6.45, 7) is 6.80. The summed E-state index contributed by atoms with van der Waals surface area (Å²) in [5.41, 5.74) is 2.44. The van der Waals surface area contributed by atoms with Crippen molar-refractivity contribution in [3.8, 4) is 5.69 Å². The van der Waals surface area contributed by atoms with E-state index >= 15 is 0 Å². The number of hydrogen-bond donors (Lipinski definition) is 1. The summed E-state index contributed by atoms with van der Waals surface area (Å²) < 4.78 is 1.89. The number of likely N-dealkylation sites (tertiary alicyclic amines) is 1. The first kappa shape index (κ1) is 14.3. The molecule has 1 N–H and O–H groups in total. The van der Waals surface area contributed by atoms with Gasteiger partial charge < -0.3 is 10.2 Å². The Hall–Kier alpha value is -1.65. The number of aromatic nitrogens is 2. The van der Waals surface area contributed by atoms with Gasteiger partial charge in [-0.3, -0.25) is 0 Å². The van der Waals surface area contributed by atoms with Crippen LogP contribution in [0.4, 0.5) is 0 Å². The highest BCUT2D eigenvalue weighted by Gasteiger charge is 2.17. The van der Waals surface area contributed by atoms with E-state index < -0.39 is 0 Å². The van der Waals surface area contributed by atoms with Crippen LogP contribution in [0.2, 0.25) is 0 Å². The third-order valence-electron chi connectivity index (χ3n) is 4.25. The predicted octanol–water partition coefficient (Wildman–Crippen LogP) is 2.45. The van der Waals surface area contributed by atoms with E-state index in [4.69, 9.17) is 0 Å². The molecule has 1 aliphatic rings. The molecule has 2 aromatic rings. The Morgan fingerprint density at radius 1 is 1.29 bits per heavy atom. The zero-order chi connectivity index (χ0) is 14.5. The molecule has 2 heterocycles. The molecule has 3 rings (SSSR count). The van der Waals surface area contributed by atoms with E-state index in [0.717, 1.165) is 18.8 Å². The highest BCUT2D eigenvalue weighted by Crippen LogP contribution is 2.12. The lowest BCUT2D eigenvalue weighted by Gasteiger charge is -2.32. The molecule has 1 saturated heterocycles. The van der Waals surface area contributed by atoms with Crippen LogP contribution in [-0.4, -0.2) is 40.4 Å². The fraction of sp³-hybridized carbons (Fsp3) is 0.471. The van der Waals surface area contributed by atoms with E-state index in [1.54, 1.807) is 6.20 Å². The van der Waals surface area contributed by atoms with Crippen molar-refractivity contribution in [1.29, 1.82) is 0 Å². The summed E-state index contributed by atoms with van der Waals surface area (Å²) in [5, 5.41) is 7.94. The van der Waals surface area contributed by atoms with Gasteiger partial charge in [-0.05, 0) is 49.7 Å². The summed E-state index contributed by atoms with van der Waals surface area (Å²) in [6, 6.07) is 11.2. The van der Waals surface area contributed by atoms with Gasteiger partial charge >= 0.3 is 0 Å². The van der Waals surface area contributed by atoms with E-state index in [1.807, 2.05) is 16.9 Å². The van der Waals surface area contributed by atoms with Gasteiger partial charge in [-0.1, -0.05) is 19.1 Å². The van der Waals surface area contributed by atoms with Gasteiger partial charge in [-0.15, -0.1) is 0 Å². The molecule has 1 fully saturated rings. The van der Waals surface area contributed by atoms with Gasteiger partial charge in [0.15, 0.2) is 0 Å². The van der Waals surface area contributed by atoms with Crippen molar-refractivity contribution in [3.63, 3.8) is 0 Å². The average Bonchev–Trinajstić information content (AvgIpc) is 3.08. The van der Waals surface area contributed by atoms with E-state index in [0.29, 0.717) is 6.04 Å². The van der Waals surface area contributed by atoms with Crippen molar-refractivity contribution in [3.05, 3.63) is 48.3 Å². The molecule has 0 saturated carbocycles. The Bertz CT molecular complexity index is 532. The predicted molar refractivity (Wildman–Crippen MR) is 85.5 cm³/mol. The first-order valence-electron chi connectivity index (χ1n) is 7.90. The van der Waals surface area contributed by atoms with Crippen molar-refractivity contribution in [1.82, 2.24) is 20.0 Å². The Morgan fingerprint density at radius 3 is 2.86 bits per heavy atom. The van der Waals surface area contributed by atoms with Gasteiger partial charge in [0.05, 0.1) is 5.69 Å². The molecule has 1 aromatic carbocycles. The SMILES string of the molecule is CCN1CCCC(NCc2ccc(-n3cccn3)cc2)C1. The molecule has 0 radical (unpaired) electrons. The minimum Gasteiger partial charge on any atom is -0.309 e. The third-order valence-corrected chi connectivity index (χ3v) is 4.25. The normalized spacial score (nSPS) is 19.8. The van der Waals surface area contributed by atoms with Crippen molar-refractivity contribution >= 4 is 0 Å². The molecule has 1 atom stereocenters. The quantitative estimate of drug-likeness (QED) is 0.915. The minimum atomic E-state index is 0.629. The lowest BCUT2D eigenvalue weighted by atomic mass is 10.1. The summed E-state index contributed by atoms with van der Waals surface area (Å²) in [6.07, 6.45) is 6.37. The molecule has 1 aromatic heterocycles. The molecule has 0 spiro atoms.